The molecule has 1 aromatic carbocycles. The molecule has 1 atom stereocenters. The van der Waals surface area contributed by atoms with E-state index in [0.717, 1.165) is 5.56 Å². The number of aliphatic imine (C=N–C) groups is 1. The Morgan fingerprint density at radius 1 is 1.38 bits per heavy atom. The molecule has 8 heteroatoms. The van der Waals surface area contributed by atoms with Crippen LogP contribution in [-0.2, 0) is 4.79 Å². The van der Waals surface area contributed by atoms with Crippen molar-refractivity contribution in [2.45, 2.75) is 33.7 Å². The molecule has 5 nitrogen and oxygen atoms in total. The van der Waals surface area contributed by atoms with Crippen molar-refractivity contribution < 1.29 is 4.79 Å². The van der Waals surface area contributed by atoms with Gasteiger partial charge in [-0.15, -0.1) is 24.0 Å². The predicted molar refractivity (Wildman–Crippen MR) is 112 cm³/mol. The van der Waals surface area contributed by atoms with Gasteiger partial charge in [-0.1, -0.05) is 29.3 Å². The Balaban J connectivity index is 0.00000529. The summed E-state index contributed by atoms with van der Waals surface area (Å²) in [6.07, 6.45) is 0. The fourth-order valence-corrected chi connectivity index (χ4v) is 2.52. The van der Waals surface area contributed by atoms with Gasteiger partial charge in [0.25, 0.3) is 0 Å². The van der Waals surface area contributed by atoms with Gasteiger partial charge in [-0.2, -0.15) is 0 Å². The van der Waals surface area contributed by atoms with Crippen LogP contribution in [0.3, 0.4) is 0 Å². The van der Waals surface area contributed by atoms with Crippen LogP contribution in [0.2, 0.25) is 10.0 Å². The van der Waals surface area contributed by atoms with Crippen molar-refractivity contribution >= 4 is 59.0 Å². The predicted octanol–water partition coefficient (Wildman–Crippen LogP) is 3.74. The zero-order valence-corrected chi connectivity index (χ0v) is 18.2. The maximum Gasteiger partial charge on any atom is 0.227 e. The van der Waals surface area contributed by atoms with Crippen LogP contribution in [0.25, 0.3) is 0 Å². The van der Waals surface area contributed by atoms with Gasteiger partial charge in [-0.05, 0) is 45.4 Å². The molecule has 136 valence electrons. The molecule has 1 rings (SSSR count). The molecular weight excluding hydrogens is 462 g/mol. The SMILES string of the molecule is CCNC(=O)C(C)(C)CN=C(N)NC(C)c1ccc(Cl)cc1Cl.I. The maximum absolute atomic E-state index is 11.9. The smallest absolute Gasteiger partial charge is 0.227 e. The molecule has 0 spiro atoms. The van der Waals surface area contributed by atoms with Gasteiger partial charge in [0.2, 0.25) is 5.91 Å². The van der Waals surface area contributed by atoms with E-state index in [1.165, 1.54) is 0 Å². The third kappa shape index (κ3) is 7.03. The van der Waals surface area contributed by atoms with Crippen molar-refractivity contribution in [1.82, 2.24) is 10.6 Å². The fraction of sp³-hybridized carbons (Fsp3) is 0.500. The van der Waals surface area contributed by atoms with Crippen LogP contribution in [-0.4, -0.2) is 25.0 Å². The normalized spacial score (nSPS) is 13.0. The number of nitrogens with two attached hydrogens (primary N) is 1. The number of nitrogens with zero attached hydrogens (tertiary/aromatic N) is 1. The third-order valence-electron chi connectivity index (χ3n) is 3.39. The summed E-state index contributed by atoms with van der Waals surface area (Å²) in [6.45, 7) is 8.34. The molecule has 0 aliphatic rings. The minimum Gasteiger partial charge on any atom is -0.370 e. The third-order valence-corrected chi connectivity index (χ3v) is 3.95. The molecular formula is C16H25Cl2IN4O. The minimum absolute atomic E-state index is 0. The first-order chi connectivity index (χ1) is 10.7. The van der Waals surface area contributed by atoms with Gasteiger partial charge in [-0.3, -0.25) is 9.79 Å². The Morgan fingerprint density at radius 2 is 2.00 bits per heavy atom. The van der Waals surface area contributed by atoms with E-state index in [-0.39, 0.29) is 41.9 Å². The maximum atomic E-state index is 11.9. The highest BCUT2D eigenvalue weighted by atomic mass is 127. The lowest BCUT2D eigenvalue weighted by Gasteiger charge is -2.22. The second kappa shape index (κ2) is 10.3. The second-order valence-corrected chi connectivity index (χ2v) is 6.82. The zero-order valence-electron chi connectivity index (χ0n) is 14.3. The number of hydrogen-bond donors (Lipinski definition) is 3. The van der Waals surface area contributed by atoms with Gasteiger partial charge in [-0.25, -0.2) is 0 Å². The molecule has 0 heterocycles. The van der Waals surface area contributed by atoms with Crippen molar-refractivity contribution in [3.05, 3.63) is 33.8 Å². The number of nitrogens with one attached hydrogen (secondary N) is 2. The number of halogens is 3. The quantitative estimate of drug-likeness (QED) is 0.325. The molecule has 0 fully saturated rings. The van der Waals surface area contributed by atoms with Gasteiger partial charge in [0.1, 0.15) is 0 Å². The lowest BCUT2D eigenvalue weighted by Crippen LogP contribution is -2.40. The molecule has 0 aliphatic carbocycles. The van der Waals surface area contributed by atoms with Gasteiger partial charge < -0.3 is 16.4 Å². The first-order valence-corrected chi connectivity index (χ1v) is 8.22. The van der Waals surface area contributed by atoms with Crippen LogP contribution in [0.1, 0.15) is 39.3 Å². The molecule has 0 saturated heterocycles. The lowest BCUT2D eigenvalue weighted by molar-refractivity contribution is -0.128. The van der Waals surface area contributed by atoms with E-state index in [1.54, 1.807) is 12.1 Å². The Kier molecular flexibility index (Phi) is 9.99. The standard InChI is InChI=1S/C16H24Cl2N4O.HI/c1-5-20-14(23)16(3,4)9-21-15(19)22-10(2)12-7-6-11(17)8-13(12)18;/h6-8,10H,5,9H2,1-4H3,(H,20,23)(H3,19,21,22);1H. The minimum atomic E-state index is -0.622. The van der Waals surface area contributed by atoms with Crippen molar-refractivity contribution in [2.24, 2.45) is 16.1 Å². The average Bonchev–Trinajstić information content (AvgIpc) is 2.45. The van der Waals surface area contributed by atoms with E-state index in [9.17, 15) is 4.79 Å². The van der Waals surface area contributed by atoms with Crippen molar-refractivity contribution in [2.75, 3.05) is 13.1 Å². The average molecular weight is 487 g/mol. The number of rotatable bonds is 6. The number of hydrogen-bond acceptors (Lipinski definition) is 2. The molecule has 4 N–H and O–H groups in total. The van der Waals surface area contributed by atoms with Crippen molar-refractivity contribution in [3.63, 3.8) is 0 Å². The molecule has 0 aromatic heterocycles. The van der Waals surface area contributed by atoms with Crippen LogP contribution >= 0.6 is 47.2 Å². The van der Waals surface area contributed by atoms with E-state index in [2.05, 4.69) is 15.6 Å². The molecule has 0 aliphatic heterocycles. The van der Waals surface area contributed by atoms with Crippen LogP contribution in [0.4, 0.5) is 0 Å². The van der Waals surface area contributed by atoms with E-state index < -0.39 is 5.41 Å². The summed E-state index contributed by atoms with van der Waals surface area (Å²) < 4.78 is 0. The fourth-order valence-electron chi connectivity index (χ4n) is 1.95. The monoisotopic (exact) mass is 486 g/mol. The lowest BCUT2D eigenvalue weighted by atomic mass is 9.92. The summed E-state index contributed by atoms with van der Waals surface area (Å²) in [4.78, 5) is 16.2. The summed E-state index contributed by atoms with van der Waals surface area (Å²) in [5, 5.41) is 7.00. The zero-order chi connectivity index (χ0) is 17.6. The van der Waals surface area contributed by atoms with E-state index in [0.29, 0.717) is 23.1 Å². The van der Waals surface area contributed by atoms with Crippen LogP contribution in [0.5, 0.6) is 0 Å². The molecule has 1 amide bonds. The van der Waals surface area contributed by atoms with E-state index >= 15 is 0 Å². The first-order valence-electron chi connectivity index (χ1n) is 7.47. The van der Waals surface area contributed by atoms with E-state index in [1.807, 2.05) is 33.8 Å². The molecule has 1 aromatic rings. The molecule has 24 heavy (non-hydrogen) atoms. The van der Waals surface area contributed by atoms with Gasteiger partial charge in [0, 0.05) is 16.6 Å². The Hall–Kier alpha value is -0.730. The summed E-state index contributed by atoms with van der Waals surface area (Å²) in [7, 11) is 0. The van der Waals surface area contributed by atoms with Crippen LogP contribution in [0, 0.1) is 5.41 Å². The van der Waals surface area contributed by atoms with E-state index in [4.69, 9.17) is 28.9 Å². The highest BCUT2D eigenvalue weighted by Gasteiger charge is 2.26. The number of benzene rings is 1. The number of carbonyl (C=O) groups excluding carboxylic acids is 1. The first kappa shape index (κ1) is 23.3. The summed E-state index contributed by atoms with van der Waals surface area (Å²) >= 11 is 12.1. The number of guanidine groups is 1. The van der Waals surface area contributed by atoms with Crippen molar-refractivity contribution in [1.29, 1.82) is 0 Å². The van der Waals surface area contributed by atoms with Crippen LogP contribution < -0.4 is 16.4 Å². The molecule has 0 bridgehead atoms. The highest BCUT2D eigenvalue weighted by Crippen LogP contribution is 2.26. The largest absolute Gasteiger partial charge is 0.370 e. The van der Waals surface area contributed by atoms with Gasteiger partial charge in [0.15, 0.2) is 5.96 Å². The van der Waals surface area contributed by atoms with Crippen LogP contribution in [0.15, 0.2) is 23.2 Å². The summed E-state index contributed by atoms with van der Waals surface area (Å²) in [5.74, 6) is 0.214. The topological polar surface area (TPSA) is 79.5 Å². The highest BCUT2D eigenvalue weighted by molar-refractivity contribution is 14.0. The second-order valence-electron chi connectivity index (χ2n) is 5.98. The van der Waals surface area contributed by atoms with Crippen molar-refractivity contribution in [3.8, 4) is 0 Å². The Bertz CT molecular complexity index is 593. The Morgan fingerprint density at radius 3 is 2.54 bits per heavy atom. The summed E-state index contributed by atoms with van der Waals surface area (Å²) in [6, 6.07) is 5.17. The number of carbonyl (C=O) groups is 1. The van der Waals surface area contributed by atoms with Gasteiger partial charge >= 0.3 is 0 Å². The molecule has 1 unspecified atom stereocenters. The summed E-state index contributed by atoms with van der Waals surface area (Å²) in [5.41, 5.74) is 6.16. The molecule has 0 radical (unpaired) electrons. The Labute approximate surface area is 170 Å². The molecule has 0 saturated carbocycles. The number of amides is 1. The van der Waals surface area contributed by atoms with Gasteiger partial charge in [0.05, 0.1) is 18.0 Å².